The Hall–Kier alpha value is -4.63. The minimum Gasteiger partial charge on any atom is -0.213 e. The van der Waals surface area contributed by atoms with Gasteiger partial charge in [0, 0.05) is 11.8 Å². The SMILES string of the molecule is CCC1=C(C2=CC=CCC2)C(C2=CC=C(c3nc(C4=CCC(c5ccccc5)CC4)nc(C4C=CC(C5C=CC=CC5)=CC4)n3)CC2)=CCC(C2CCCCC2)C1. The average molecular weight is 752 g/mol. The summed E-state index contributed by atoms with van der Waals surface area (Å²) < 4.78 is 0. The molecule has 9 rings (SSSR count). The van der Waals surface area contributed by atoms with Gasteiger partial charge in [0.25, 0.3) is 0 Å². The molecule has 3 nitrogen and oxygen atoms in total. The Labute approximate surface area is 342 Å². The first-order valence-electron chi connectivity index (χ1n) is 22.6. The predicted molar refractivity (Wildman–Crippen MR) is 238 cm³/mol. The molecule has 0 aliphatic heterocycles. The Morgan fingerprint density at radius 1 is 0.614 bits per heavy atom. The van der Waals surface area contributed by atoms with Gasteiger partial charge in [0.05, 0.1) is 0 Å². The summed E-state index contributed by atoms with van der Waals surface area (Å²) in [5, 5.41) is 0. The lowest BCUT2D eigenvalue weighted by Gasteiger charge is -2.30. The molecule has 4 unspecified atom stereocenters. The molecule has 0 bridgehead atoms. The maximum Gasteiger partial charge on any atom is 0.159 e. The van der Waals surface area contributed by atoms with E-state index in [1.54, 1.807) is 16.7 Å². The van der Waals surface area contributed by atoms with E-state index in [0.29, 0.717) is 11.8 Å². The van der Waals surface area contributed by atoms with E-state index >= 15 is 0 Å². The Morgan fingerprint density at radius 3 is 2.16 bits per heavy atom. The van der Waals surface area contributed by atoms with Crippen LogP contribution in [-0.2, 0) is 0 Å². The van der Waals surface area contributed by atoms with E-state index in [9.17, 15) is 0 Å². The highest BCUT2D eigenvalue weighted by molar-refractivity contribution is 5.70. The van der Waals surface area contributed by atoms with Crippen LogP contribution in [0.25, 0.3) is 11.1 Å². The number of rotatable bonds is 9. The molecular formula is C54H61N3. The first kappa shape index (κ1) is 37.9. The van der Waals surface area contributed by atoms with E-state index in [4.69, 9.17) is 15.0 Å². The number of hydrogen-bond donors (Lipinski definition) is 0. The zero-order valence-corrected chi connectivity index (χ0v) is 34.2. The molecule has 0 radical (unpaired) electrons. The predicted octanol–water partition coefficient (Wildman–Crippen LogP) is 14.3. The fourth-order valence-corrected chi connectivity index (χ4v) is 10.7. The molecule has 0 spiro atoms. The molecule has 292 valence electrons. The Morgan fingerprint density at radius 2 is 1.46 bits per heavy atom. The van der Waals surface area contributed by atoms with Crippen molar-refractivity contribution in [2.24, 2.45) is 17.8 Å². The topological polar surface area (TPSA) is 38.7 Å². The molecule has 2 aromatic rings. The zero-order valence-electron chi connectivity index (χ0n) is 34.2. The van der Waals surface area contributed by atoms with Gasteiger partial charge < -0.3 is 0 Å². The normalized spacial score (nSPS) is 26.9. The number of nitrogens with zero attached hydrogens (tertiary/aromatic N) is 3. The van der Waals surface area contributed by atoms with Crippen molar-refractivity contribution < 1.29 is 0 Å². The second-order valence-corrected chi connectivity index (χ2v) is 17.6. The second-order valence-electron chi connectivity index (χ2n) is 17.6. The molecule has 7 aliphatic carbocycles. The summed E-state index contributed by atoms with van der Waals surface area (Å²) in [5.41, 5.74) is 13.2. The molecule has 57 heavy (non-hydrogen) atoms. The third-order valence-electron chi connectivity index (χ3n) is 14.1. The maximum absolute atomic E-state index is 5.31. The molecule has 1 heterocycles. The van der Waals surface area contributed by atoms with Gasteiger partial charge >= 0.3 is 0 Å². The molecule has 0 saturated heterocycles. The van der Waals surface area contributed by atoms with Gasteiger partial charge in [0.1, 0.15) is 5.82 Å². The van der Waals surface area contributed by atoms with E-state index in [-0.39, 0.29) is 5.92 Å². The van der Waals surface area contributed by atoms with Crippen molar-refractivity contribution in [3.05, 3.63) is 172 Å². The molecular weight excluding hydrogens is 691 g/mol. The van der Waals surface area contributed by atoms with Gasteiger partial charge in [0.2, 0.25) is 0 Å². The summed E-state index contributed by atoms with van der Waals surface area (Å²) >= 11 is 0. The van der Waals surface area contributed by atoms with E-state index in [1.165, 1.54) is 78.4 Å². The van der Waals surface area contributed by atoms with Crippen molar-refractivity contribution in [2.45, 2.75) is 128 Å². The van der Waals surface area contributed by atoms with Crippen LogP contribution in [-0.4, -0.2) is 15.0 Å². The summed E-state index contributed by atoms with van der Waals surface area (Å²) in [6.07, 6.45) is 53.1. The lowest BCUT2D eigenvalue weighted by Crippen LogP contribution is -2.18. The standard InChI is InChI=1S/C54H61N3/c1-2-38-37-49(41-19-11-5-12-20-41)35-36-50(51(38)45-21-13-6-14-22-45)44-27-33-48(34-28-44)54-56-52(46-29-23-42(24-30-46)39-15-7-3-8-16-39)55-53(57-54)47-31-25-43(26-32-47)40-17-9-4-10-18-40/h3-4,6-10,13,15-17,21,25-27,29,31,33,36,40-42,47,49H,2,5,11-12,14,18-20,22-24,28,30,32,34-35,37H2,1H3. The highest BCUT2D eigenvalue weighted by Crippen LogP contribution is 2.46. The number of benzene rings is 1. The molecule has 1 saturated carbocycles. The summed E-state index contributed by atoms with van der Waals surface area (Å²) in [6, 6.07) is 11.0. The third kappa shape index (κ3) is 8.64. The minimum atomic E-state index is 0.153. The van der Waals surface area contributed by atoms with Crippen molar-refractivity contribution >= 4 is 11.1 Å². The van der Waals surface area contributed by atoms with Crippen LogP contribution in [0.1, 0.15) is 151 Å². The Kier molecular flexibility index (Phi) is 11.9. The van der Waals surface area contributed by atoms with Crippen LogP contribution < -0.4 is 0 Å². The van der Waals surface area contributed by atoms with Crippen LogP contribution >= 0.6 is 0 Å². The van der Waals surface area contributed by atoms with Gasteiger partial charge in [-0.1, -0.05) is 160 Å². The molecule has 4 atom stereocenters. The van der Waals surface area contributed by atoms with Crippen LogP contribution in [0.2, 0.25) is 0 Å². The van der Waals surface area contributed by atoms with Crippen molar-refractivity contribution in [3.63, 3.8) is 0 Å². The average Bonchev–Trinajstić information content (AvgIpc) is 3.50. The van der Waals surface area contributed by atoms with Crippen molar-refractivity contribution in [1.82, 2.24) is 15.0 Å². The lowest BCUT2D eigenvalue weighted by molar-refractivity contribution is 0.247. The highest BCUT2D eigenvalue weighted by Gasteiger charge is 2.30. The van der Waals surface area contributed by atoms with Crippen molar-refractivity contribution in [2.75, 3.05) is 0 Å². The summed E-state index contributed by atoms with van der Waals surface area (Å²) in [4.78, 5) is 15.9. The molecule has 0 N–H and O–H groups in total. The van der Waals surface area contributed by atoms with Crippen LogP contribution in [0, 0.1) is 17.8 Å². The Bertz CT molecular complexity index is 2150. The van der Waals surface area contributed by atoms with Gasteiger partial charge in [0.15, 0.2) is 11.6 Å². The largest absolute Gasteiger partial charge is 0.213 e. The zero-order chi connectivity index (χ0) is 38.4. The summed E-state index contributed by atoms with van der Waals surface area (Å²) in [6.45, 7) is 2.41. The minimum absolute atomic E-state index is 0.153. The third-order valence-corrected chi connectivity index (χ3v) is 14.1. The quantitative estimate of drug-likeness (QED) is 0.256. The van der Waals surface area contributed by atoms with Gasteiger partial charge in [-0.25, -0.2) is 15.0 Å². The first-order chi connectivity index (χ1) is 28.2. The van der Waals surface area contributed by atoms with Crippen molar-refractivity contribution in [3.8, 4) is 0 Å². The van der Waals surface area contributed by atoms with Crippen LogP contribution in [0.4, 0.5) is 0 Å². The molecule has 1 fully saturated rings. The van der Waals surface area contributed by atoms with Crippen LogP contribution in [0.5, 0.6) is 0 Å². The second kappa shape index (κ2) is 17.9. The molecule has 7 aliphatic rings. The number of hydrogen-bond acceptors (Lipinski definition) is 3. The monoisotopic (exact) mass is 751 g/mol. The van der Waals surface area contributed by atoms with Crippen molar-refractivity contribution in [1.29, 1.82) is 0 Å². The summed E-state index contributed by atoms with van der Waals surface area (Å²) in [7, 11) is 0. The fraction of sp³-hybridized carbons (Fsp3) is 0.426. The maximum atomic E-state index is 5.31. The van der Waals surface area contributed by atoms with Crippen LogP contribution in [0.3, 0.4) is 0 Å². The molecule has 0 amide bonds. The summed E-state index contributed by atoms with van der Waals surface area (Å²) in [5.74, 6) is 5.50. The molecule has 1 aromatic carbocycles. The number of aromatic nitrogens is 3. The van der Waals surface area contributed by atoms with E-state index in [0.717, 1.165) is 93.5 Å². The molecule has 1 aromatic heterocycles. The Balaban J connectivity index is 1.04. The van der Waals surface area contributed by atoms with Crippen LogP contribution in [0.15, 0.2) is 149 Å². The van der Waals surface area contributed by atoms with Gasteiger partial charge in [-0.05, 0) is 139 Å². The van der Waals surface area contributed by atoms with Gasteiger partial charge in [-0.15, -0.1) is 0 Å². The van der Waals surface area contributed by atoms with E-state index < -0.39 is 0 Å². The smallest absolute Gasteiger partial charge is 0.159 e. The molecule has 3 heteroatoms. The lowest BCUT2D eigenvalue weighted by atomic mass is 9.75. The van der Waals surface area contributed by atoms with E-state index in [2.05, 4.69) is 122 Å². The number of allylic oxidation sites excluding steroid dienone is 22. The highest BCUT2D eigenvalue weighted by atomic mass is 15.0. The fourth-order valence-electron chi connectivity index (χ4n) is 10.7. The van der Waals surface area contributed by atoms with Gasteiger partial charge in [-0.2, -0.15) is 0 Å². The first-order valence-corrected chi connectivity index (χ1v) is 22.6. The van der Waals surface area contributed by atoms with E-state index in [1.807, 2.05) is 0 Å². The van der Waals surface area contributed by atoms with Gasteiger partial charge in [-0.3, -0.25) is 0 Å².